The van der Waals surface area contributed by atoms with Crippen molar-refractivity contribution in [3.63, 3.8) is 0 Å². The van der Waals surface area contributed by atoms with Gasteiger partial charge in [-0.2, -0.15) is 0 Å². The Hall–Kier alpha value is -1.55. The molecule has 0 aliphatic carbocycles. The lowest BCUT2D eigenvalue weighted by Crippen LogP contribution is -2.87. The van der Waals surface area contributed by atoms with Gasteiger partial charge in [-0.1, -0.05) is 53.5 Å². The van der Waals surface area contributed by atoms with E-state index < -0.39 is 0 Å². The van der Waals surface area contributed by atoms with Gasteiger partial charge in [-0.3, -0.25) is 4.79 Å². The molecule has 116 valence electrons. The Balaban J connectivity index is 1.79. The van der Waals surface area contributed by atoms with E-state index in [4.69, 9.17) is 23.2 Å². The van der Waals surface area contributed by atoms with Crippen LogP contribution in [-0.4, -0.2) is 12.5 Å². The van der Waals surface area contributed by atoms with Gasteiger partial charge in [0.1, 0.15) is 6.04 Å². The third-order valence-corrected chi connectivity index (χ3v) is 4.07. The van der Waals surface area contributed by atoms with E-state index in [1.54, 1.807) is 0 Å². The first-order chi connectivity index (χ1) is 10.6. The molecule has 1 amide bonds. The van der Waals surface area contributed by atoms with Gasteiger partial charge in [-0.25, -0.2) is 0 Å². The molecule has 5 heteroatoms. The average molecular weight is 338 g/mol. The lowest BCUT2D eigenvalue weighted by molar-refractivity contribution is -0.682. The SMILES string of the molecule is C[C@H]([NH2+]CC(=O)NCc1ccccc1Cl)c1cccc(Cl)c1. The second kappa shape index (κ2) is 8.18. The maximum absolute atomic E-state index is 11.9. The zero-order chi connectivity index (χ0) is 15.9. The number of hydrogen-bond donors (Lipinski definition) is 2. The maximum atomic E-state index is 11.9. The molecule has 0 saturated carbocycles. The Morgan fingerprint density at radius 1 is 1.18 bits per heavy atom. The van der Waals surface area contributed by atoms with Gasteiger partial charge in [-0.05, 0) is 30.7 Å². The third kappa shape index (κ3) is 5.02. The summed E-state index contributed by atoms with van der Waals surface area (Å²) in [7, 11) is 0. The molecule has 0 aromatic heterocycles. The number of hydrogen-bond acceptors (Lipinski definition) is 1. The lowest BCUT2D eigenvalue weighted by atomic mass is 10.1. The van der Waals surface area contributed by atoms with Crippen LogP contribution >= 0.6 is 23.2 Å². The minimum atomic E-state index is -0.0196. The zero-order valence-electron chi connectivity index (χ0n) is 12.4. The molecule has 2 aromatic rings. The van der Waals surface area contributed by atoms with Crippen LogP contribution in [0.1, 0.15) is 24.1 Å². The number of quaternary nitrogens is 1. The summed E-state index contributed by atoms with van der Waals surface area (Å²) in [6.45, 7) is 2.85. The van der Waals surface area contributed by atoms with Crippen molar-refractivity contribution in [3.8, 4) is 0 Å². The highest BCUT2D eigenvalue weighted by Crippen LogP contribution is 2.15. The predicted molar refractivity (Wildman–Crippen MR) is 90.0 cm³/mol. The highest BCUT2D eigenvalue weighted by Gasteiger charge is 2.12. The zero-order valence-corrected chi connectivity index (χ0v) is 13.9. The molecule has 22 heavy (non-hydrogen) atoms. The third-order valence-electron chi connectivity index (χ3n) is 3.47. The average Bonchev–Trinajstić information content (AvgIpc) is 2.52. The van der Waals surface area contributed by atoms with E-state index in [1.807, 2.05) is 60.8 Å². The normalized spacial score (nSPS) is 12.0. The minimum Gasteiger partial charge on any atom is -0.347 e. The first kappa shape index (κ1) is 16.8. The van der Waals surface area contributed by atoms with Gasteiger partial charge in [0.25, 0.3) is 5.91 Å². The number of halogens is 2. The molecule has 1 atom stereocenters. The Morgan fingerprint density at radius 2 is 1.95 bits per heavy atom. The van der Waals surface area contributed by atoms with E-state index in [1.165, 1.54) is 0 Å². The second-order valence-corrected chi connectivity index (χ2v) is 6.00. The molecule has 0 spiro atoms. The largest absolute Gasteiger partial charge is 0.347 e. The summed E-state index contributed by atoms with van der Waals surface area (Å²) in [6.07, 6.45) is 0. The van der Waals surface area contributed by atoms with Gasteiger partial charge < -0.3 is 10.6 Å². The van der Waals surface area contributed by atoms with Crippen molar-refractivity contribution in [2.45, 2.75) is 19.5 Å². The molecule has 0 saturated heterocycles. The Morgan fingerprint density at radius 3 is 2.68 bits per heavy atom. The van der Waals surface area contributed by atoms with Gasteiger partial charge in [0.05, 0.1) is 0 Å². The van der Waals surface area contributed by atoms with Crippen LogP contribution in [0.15, 0.2) is 48.5 Å². The first-order valence-electron chi connectivity index (χ1n) is 7.15. The smallest absolute Gasteiger partial charge is 0.275 e. The molecular formula is C17H19Cl2N2O+. The summed E-state index contributed by atoms with van der Waals surface area (Å²) in [6, 6.07) is 15.4. The van der Waals surface area contributed by atoms with E-state index in [2.05, 4.69) is 5.32 Å². The van der Waals surface area contributed by atoms with Crippen molar-refractivity contribution in [1.82, 2.24) is 5.32 Å². The van der Waals surface area contributed by atoms with Gasteiger partial charge >= 0.3 is 0 Å². The topological polar surface area (TPSA) is 45.7 Å². The monoisotopic (exact) mass is 337 g/mol. The molecule has 0 fully saturated rings. The fourth-order valence-electron chi connectivity index (χ4n) is 2.12. The van der Waals surface area contributed by atoms with Crippen LogP contribution in [0.5, 0.6) is 0 Å². The molecule has 0 bridgehead atoms. The molecule has 2 rings (SSSR count). The first-order valence-corrected chi connectivity index (χ1v) is 7.91. The summed E-state index contributed by atoms with van der Waals surface area (Å²) < 4.78 is 0. The lowest BCUT2D eigenvalue weighted by Gasteiger charge is -2.12. The van der Waals surface area contributed by atoms with Gasteiger partial charge in [0.15, 0.2) is 6.54 Å². The molecule has 0 heterocycles. The molecule has 3 N–H and O–H groups in total. The molecule has 0 unspecified atom stereocenters. The van der Waals surface area contributed by atoms with Crippen molar-refractivity contribution < 1.29 is 10.1 Å². The summed E-state index contributed by atoms with van der Waals surface area (Å²) >= 11 is 12.0. The summed E-state index contributed by atoms with van der Waals surface area (Å²) in [5.41, 5.74) is 2.02. The van der Waals surface area contributed by atoms with Crippen LogP contribution in [0.25, 0.3) is 0 Å². The molecule has 0 radical (unpaired) electrons. The predicted octanol–water partition coefficient (Wildman–Crippen LogP) is 2.93. The summed E-state index contributed by atoms with van der Waals surface area (Å²) in [4.78, 5) is 11.9. The van der Waals surface area contributed by atoms with Gasteiger partial charge in [0.2, 0.25) is 0 Å². The molecular weight excluding hydrogens is 319 g/mol. The Kier molecular flexibility index (Phi) is 6.25. The van der Waals surface area contributed by atoms with E-state index in [9.17, 15) is 4.79 Å². The van der Waals surface area contributed by atoms with Crippen LogP contribution < -0.4 is 10.6 Å². The van der Waals surface area contributed by atoms with E-state index in [0.29, 0.717) is 23.1 Å². The van der Waals surface area contributed by atoms with E-state index >= 15 is 0 Å². The molecule has 0 aliphatic heterocycles. The number of nitrogens with one attached hydrogen (secondary N) is 1. The minimum absolute atomic E-state index is 0.0196. The highest BCUT2D eigenvalue weighted by atomic mass is 35.5. The van der Waals surface area contributed by atoms with E-state index in [-0.39, 0.29) is 11.9 Å². The summed E-state index contributed by atoms with van der Waals surface area (Å²) in [5, 5.41) is 6.23. The van der Waals surface area contributed by atoms with Crippen LogP contribution in [0.2, 0.25) is 10.0 Å². The number of carbonyl (C=O) groups is 1. The van der Waals surface area contributed by atoms with Crippen molar-refractivity contribution in [3.05, 3.63) is 69.7 Å². The quantitative estimate of drug-likeness (QED) is 0.836. The van der Waals surface area contributed by atoms with Crippen molar-refractivity contribution in [2.75, 3.05) is 6.54 Å². The number of benzene rings is 2. The highest BCUT2D eigenvalue weighted by molar-refractivity contribution is 6.31. The standard InChI is InChI=1S/C17H18Cl2N2O/c1-12(13-6-4-7-15(18)9-13)20-11-17(22)21-10-14-5-2-3-8-16(14)19/h2-9,12,20H,10-11H2,1H3,(H,21,22)/p+1/t12-/m0/s1. The fourth-order valence-corrected chi connectivity index (χ4v) is 2.52. The van der Waals surface area contributed by atoms with Crippen LogP contribution in [-0.2, 0) is 11.3 Å². The fraction of sp³-hybridized carbons (Fsp3) is 0.235. The summed E-state index contributed by atoms with van der Waals surface area (Å²) in [5.74, 6) is -0.0196. The van der Waals surface area contributed by atoms with Crippen LogP contribution in [0.4, 0.5) is 0 Å². The second-order valence-electron chi connectivity index (χ2n) is 5.15. The Labute approximate surface area is 140 Å². The molecule has 2 aromatic carbocycles. The maximum Gasteiger partial charge on any atom is 0.275 e. The van der Waals surface area contributed by atoms with Crippen LogP contribution in [0.3, 0.4) is 0 Å². The number of rotatable bonds is 6. The Bertz CT molecular complexity index is 646. The number of amides is 1. The number of nitrogens with two attached hydrogens (primary N) is 1. The van der Waals surface area contributed by atoms with Gasteiger partial charge in [0, 0.05) is 22.2 Å². The number of carbonyl (C=O) groups excluding carboxylic acids is 1. The van der Waals surface area contributed by atoms with Crippen molar-refractivity contribution in [1.29, 1.82) is 0 Å². The van der Waals surface area contributed by atoms with Crippen molar-refractivity contribution in [2.24, 2.45) is 0 Å². The van der Waals surface area contributed by atoms with Gasteiger partial charge in [-0.15, -0.1) is 0 Å². The molecule has 3 nitrogen and oxygen atoms in total. The van der Waals surface area contributed by atoms with Crippen molar-refractivity contribution >= 4 is 29.1 Å². The van der Waals surface area contributed by atoms with Crippen LogP contribution in [0, 0.1) is 0 Å². The van der Waals surface area contributed by atoms with E-state index in [0.717, 1.165) is 11.1 Å². The molecule has 0 aliphatic rings.